The second-order valence-electron chi connectivity index (χ2n) is 4.28. The zero-order valence-corrected chi connectivity index (χ0v) is 11.9. The van der Waals surface area contributed by atoms with Crippen LogP contribution in [0.2, 0.25) is 0 Å². The van der Waals surface area contributed by atoms with Gasteiger partial charge in [-0.1, -0.05) is 20.3 Å². The topological polar surface area (TPSA) is 50.7 Å². The summed E-state index contributed by atoms with van der Waals surface area (Å²) in [6.07, 6.45) is 3.20. The summed E-state index contributed by atoms with van der Waals surface area (Å²) in [4.78, 5) is 11.5. The lowest BCUT2D eigenvalue weighted by atomic mass is 10.1. The average Bonchev–Trinajstić information content (AvgIpc) is 2.46. The highest BCUT2D eigenvalue weighted by Gasteiger charge is 2.03. The molecule has 0 aliphatic rings. The van der Waals surface area contributed by atoms with Crippen molar-refractivity contribution in [3.05, 3.63) is 29.8 Å². The van der Waals surface area contributed by atoms with Gasteiger partial charge in [0.05, 0.1) is 12.8 Å². The van der Waals surface area contributed by atoms with Gasteiger partial charge >= 0.3 is 0 Å². The zero-order valence-electron chi connectivity index (χ0n) is 11.9. The Kier molecular flexibility index (Phi) is 6.64. The highest BCUT2D eigenvalue weighted by atomic mass is 16.5. The van der Waals surface area contributed by atoms with Gasteiger partial charge in [-0.3, -0.25) is 4.79 Å². The quantitative estimate of drug-likeness (QED) is 0.606. The first kappa shape index (κ1) is 15.2. The third-order valence-corrected chi connectivity index (χ3v) is 2.83. The van der Waals surface area contributed by atoms with E-state index in [4.69, 9.17) is 4.74 Å². The van der Waals surface area contributed by atoms with Crippen molar-refractivity contribution in [2.75, 3.05) is 7.11 Å². The number of hydrogen-bond acceptors (Lipinski definition) is 3. The van der Waals surface area contributed by atoms with Gasteiger partial charge < -0.3 is 4.74 Å². The van der Waals surface area contributed by atoms with E-state index in [0.29, 0.717) is 6.42 Å². The maximum atomic E-state index is 11.5. The molecule has 1 aromatic carbocycles. The molecule has 0 aliphatic carbocycles. The number of ether oxygens (including phenoxy) is 1. The predicted octanol–water partition coefficient (Wildman–Crippen LogP) is 3.12. The number of hydrogen-bond donors (Lipinski definition) is 1. The summed E-state index contributed by atoms with van der Waals surface area (Å²) < 4.78 is 5.12. The van der Waals surface area contributed by atoms with E-state index in [9.17, 15) is 4.79 Å². The SMILES string of the molecule is CCCCC(=O)NN=C(CC)c1ccc(OC)cc1. The summed E-state index contributed by atoms with van der Waals surface area (Å²) in [7, 11) is 1.64. The van der Waals surface area contributed by atoms with Crippen LogP contribution in [0, 0.1) is 0 Å². The molecule has 1 amide bonds. The number of hydrazone groups is 1. The summed E-state index contributed by atoms with van der Waals surface area (Å²) in [5, 5.41) is 4.20. The van der Waals surface area contributed by atoms with E-state index in [-0.39, 0.29) is 5.91 Å². The van der Waals surface area contributed by atoms with Crippen molar-refractivity contribution in [3.8, 4) is 5.75 Å². The van der Waals surface area contributed by atoms with Crippen LogP contribution < -0.4 is 10.2 Å². The number of methoxy groups -OCH3 is 1. The van der Waals surface area contributed by atoms with Crippen molar-refractivity contribution in [2.45, 2.75) is 39.5 Å². The van der Waals surface area contributed by atoms with E-state index in [2.05, 4.69) is 17.5 Å². The van der Waals surface area contributed by atoms with Crippen LogP contribution in [0.5, 0.6) is 5.75 Å². The maximum Gasteiger partial charge on any atom is 0.240 e. The molecule has 19 heavy (non-hydrogen) atoms. The maximum absolute atomic E-state index is 11.5. The molecule has 0 atom stereocenters. The molecule has 0 spiro atoms. The number of benzene rings is 1. The largest absolute Gasteiger partial charge is 0.497 e. The summed E-state index contributed by atoms with van der Waals surface area (Å²) in [6, 6.07) is 7.66. The molecule has 0 bridgehead atoms. The lowest BCUT2D eigenvalue weighted by molar-refractivity contribution is -0.121. The van der Waals surface area contributed by atoms with Crippen molar-refractivity contribution in [1.82, 2.24) is 5.43 Å². The van der Waals surface area contributed by atoms with Crippen molar-refractivity contribution in [1.29, 1.82) is 0 Å². The second-order valence-corrected chi connectivity index (χ2v) is 4.28. The van der Waals surface area contributed by atoms with Gasteiger partial charge in [-0.25, -0.2) is 5.43 Å². The summed E-state index contributed by atoms with van der Waals surface area (Å²) in [5.74, 6) is 0.785. The van der Waals surface area contributed by atoms with Crippen LogP contribution in [0.15, 0.2) is 29.4 Å². The molecule has 0 radical (unpaired) electrons. The van der Waals surface area contributed by atoms with E-state index >= 15 is 0 Å². The van der Waals surface area contributed by atoms with Gasteiger partial charge in [0, 0.05) is 6.42 Å². The van der Waals surface area contributed by atoms with Crippen molar-refractivity contribution < 1.29 is 9.53 Å². The van der Waals surface area contributed by atoms with Crippen LogP contribution in [0.4, 0.5) is 0 Å². The number of amides is 1. The van der Waals surface area contributed by atoms with E-state index in [1.54, 1.807) is 7.11 Å². The number of carbonyl (C=O) groups is 1. The van der Waals surface area contributed by atoms with Gasteiger partial charge in [0.1, 0.15) is 5.75 Å². The minimum atomic E-state index is -0.0266. The van der Waals surface area contributed by atoms with Gasteiger partial charge in [0.25, 0.3) is 0 Å². The van der Waals surface area contributed by atoms with Crippen molar-refractivity contribution in [2.24, 2.45) is 5.10 Å². The Morgan fingerprint density at radius 1 is 1.26 bits per heavy atom. The predicted molar refractivity (Wildman–Crippen MR) is 77.5 cm³/mol. The standard InChI is InChI=1S/C15H22N2O2/c1-4-6-7-15(18)17-16-14(5-2)12-8-10-13(19-3)11-9-12/h8-11H,4-7H2,1-3H3,(H,17,18). The van der Waals surface area contributed by atoms with E-state index in [1.807, 2.05) is 31.2 Å². The van der Waals surface area contributed by atoms with E-state index in [0.717, 1.165) is 36.3 Å². The monoisotopic (exact) mass is 262 g/mol. The van der Waals surface area contributed by atoms with Gasteiger partial charge in [-0.05, 0) is 42.7 Å². The Bertz CT molecular complexity index is 424. The first-order chi connectivity index (χ1) is 9.21. The minimum Gasteiger partial charge on any atom is -0.497 e. The fourth-order valence-electron chi connectivity index (χ4n) is 1.65. The molecule has 1 rings (SSSR count). The highest BCUT2D eigenvalue weighted by Crippen LogP contribution is 2.13. The third-order valence-electron chi connectivity index (χ3n) is 2.83. The normalized spacial score (nSPS) is 11.2. The first-order valence-electron chi connectivity index (χ1n) is 6.71. The molecule has 0 aromatic heterocycles. The van der Waals surface area contributed by atoms with Crippen LogP contribution in [0.1, 0.15) is 45.1 Å². The van der Waals surface area contributed by atoms with Crippen LogP contribution in [0.25, 0.3) is 0 Å². The molecule has 4 heteroatoms. The molecule has 0 heterocycles. The Balaban J connectivity index is 2.67. The highest BCUT2D eigenvalue weighted by molar-refractivity contribution is 6.00. The van der Waals surface area contributed by atoms with Gasteiger partial charge in [0.15, 0.2) is 0 Å². The zero-order chi connectivity index (χ0) is 14.1. The average molecular weight is 262 g/mol. The molecule has 4 nitrogen and oxygen atoms in total. The molecule has 0 fully saturated rings. The molecule has 0 unspecified atom stereocenters. The lowest BCUT2D eigenvalue weighted by Crippen LogP contribution is -2.19. The molecular formula is C15H22N2O2. The molecule has 0 saturated heterocycles. The fourth-order valence-corrected chi connectivity index (χ4v) is 1.65. The molecule has 1 N–H and O–H groups in total. The molecular weight excluding hydrogens is 240 g/mol. The smallest absolute Gasteiger partial charge is 0.240 e. The number of unbranched alkanes of at least 4 members (excludes halogenated alkanes) is 1. The van der Waals surface area contributed by atoms with Crippen LogP contribution in [0.3, 0.4) is 0 Å². The van der Waals surface area contributed by atoms with Crippen molar-refractivity contribution in [3.63, 3.8) is 0 Å². The minimum absolute atomic E-state index is 0.0266. The molecule has 0 aliphatic heterocycles. The van der Waals surface area contributed by atoms with Gasteiger partial charge in [-0.15, -0.1) is 0 Å². The summed E-state index contributed by atoms with van der Waals surface area (Å²) in [5.41, 5.74) is 4.48. The lowest BCUT2D eigenvalue weighted by Gasteiger charge is -2.06. The number of carbonyl (C=O) groups excluding carboxylic acids is 1. The van der Waals surface area contributed by atoms with Crippen LogP contribution in [-0.2, 0) is 4.79 Å². The van der Waals surface area contributed by atoms with Crippen LogP contribution >= 0.6 is 0 Å². The molecule has 1 aromatic rings. The van der Waals surface area contributed by atoms with Crippen molar-refractivity contribution >= 4 is 11.6 Å². The summed E-state index contributed by atoms with van der Waals surface area (Å²) >= 11 is 0. The summed E-state index contributed by atoms with van der Waals surface area (Å²) in [6.45, 7) is 4.08. The van der Waals surface area contributed by atoms with Crippen LogP contribution in [-0.4, -0.2) is 18.7 Å². The number of nitrogens with zero attached hydrogens (tertiary/aromatic N) is 1. The number of rotatable bonds is 7. The van der Waals surface area contributed by atoms with Gasteiger partial charge in [0.2, 0.25) is 5.91 Å². The number of nitrogens with one attached hydrogen (secondary N) is 1. The Morgan fingerprint density at radius 2 is 1.95 bits per heavy atom. The van der Waals surface area contributed by atoms with E-state index < -0.39 is 0 Å². The Hall–Kier alpha value is -1.84. The second kappa shape index (κ2) is 8.29. The third kappa shape index (κ3) is 5.12. The molecule has 0 saturated carbocycles. The van der Waals surface area contributed by atoms with Gasteiger partial charge in [-0.2, -0.15) is 5.10 Å². The molecule has 104 valence electrons. The first-order valence-corrected chi connectivity index (χ1v) is 6.71. The Labute approximate surface area is 114 Å². The fraction of sp³-hybridized carbons (Fsp3) is 0.467. The Morgan fingerprint density at radius 3 is 2.47 bits per heavy atom. The van der Waals surface area contributed by atoms with E-state index in [1.165, 1.54) is 0 Å².